The molecule has 1 aromatic heterocycles. The van der Waals surface area contributed by atoms with Crippen molar-refractivity contribution < 1.29 is 4.74 Å². The monoisotopic (exact) mass is 242 g/mol. The van der Waals surface area contributed by atoms with E-state index in [-0.39, 0.29) is 0 Å². The number of aryl methyl sites for hydroxylation is 1. The Morgan fingerprint density at radius 1 is 1.44 bits per heavy atom. The van der Waals surface area contributed by atoms with Gasteiger partial charge in [-0.2, -0.15) is 11.3 Å². The van der Waals surface area contributed by atoms with Crippen molar-refractivity contribution in [1.82, 2.24) is 5.43 Å². The molecule has 0 fully saturated rings. The summed E-state index contributed by atoms with van der Waals surface area (Å²) >= 11 is 1.75. The average molecular weight is 242 g/mol. The molecular weight excluding hydrogens is 220 g/mol. The van der Waals surface area contributed by atoms with Gasteiger partial charge in [-0.25, -0.2) is 0 Å². The van der Waals surface area contributed by atoms with Gasteiger partial charge in [0.15, 0.2) is 0 Å². The number of methoxy groups -OCH3 is 1. The molecule has 0 spiro atoms. The molecule has 0 radical (unpaired) electrons. The summed E-state index contributed by atoms with van der Waals surface area (Å²) in [6.45, 7) is 2.09. The van der Waals surface area contributed by atoms with Crippen molar-refractivity contribution in [3.05, 3.63) is 22.4 Å². The molecule has 1 heterocycles. The van der Waals surface area contributed by atoms with E-state index in [1.807, 2.05) is 0 Å². The maximum absolute atomic E-state index is 5.55. The Hall–Kier alpha value is -0.420. The molecule has 0 aliphatic heterocycles. The third kappa shape index (κ3) is 5.07. The minimum absolute atomic E-state index is 0.317. The number of nitrogens with one attached hydrogen (secondary N) is 1. The molecule has 2 unspecified atom stereocenters. The first-order chi connectivity index (χ1) is 7.76. The van der Waals surface area contributed by atoms with Crippen LogP contribution in [0.5, 0.6) is 0 Å². The van der Waals surface area contributed by atoms with Gasteiger partial charge in [0, 0.05) is 13.2 Å². The SMILES string of the molecule is COC(C)CCC(CCc1ccsc1)NN. The van der Waals surface area contributed by atoms with Crippen LogP contribution in [0.15, 0.2) is 16.8 Å². The van der Waals surface area contributed by atoms with Crippen molar-refractivity contribution in [3.8, 4) is 0 Å². The zero-order valence-electron chi connectivity index (χ0n) is 10.1. The third-order valence-corrected chi connectivity index (χ3v) is 3.65. The quantitative estimate of drug-likeness (QED) is 0.543. The zero-order chi connectivity index (χ0) is 11.8. The predicted octanol–water partition coefficient (Wildman–Crippen LogP) is 2.33. The molecule has 16 heavy (non-hydrogen) atoms. The number of hydrazine groups is 1. The van der Waals surface area contributed by atoms with Crippen molar-refractivity contribution in [1.29, 1.82) is 0 Å². The van der Waals surface area contributed by atoms with E-state index in [9.17, 15) is 0 Å². The highest BCUT2D eigenvalue weighted by atomic mass is 32.1. The second-order valence-corrected chi connectivity index (χ2v) is 4.94. The van der Waals surface area contributed by atoms with Crippen LogP contribution in [0.4, 0.5) is 0 Å². The standard InChI is InChI=1S/C12H22N2OS/c1-10(15-2)3-5-12(14-13)6-4-11-7-8-16-9-11/h7-10,12,14H,3-6,13H2,1-2H3. The Balaban J connectivity index is 2.21. The van der Waals surface area contributed by atoms with Crippen LogP contribution in [0.25, 0.3) is 0 Å². The molecule has 0 aliphatic rings. The second kappa shape index (κ2) is 7.79. The van der Waals surface area contributed by atoms with Crippen LogP contribution in [0.3, 0.4) is 0 Å². The van der Waals surface area contributed by atoms with Crippen molar-refractivity contribution in [2.24, 2.45) is 5.84 Å². The predicted molar refractivity (Wildman–Crippen MR) is 69.5 cm³/mol. The summed E-state index contributed by atoms with van der Waals surface area (Å²) in [5.41, 5.74) is 4.30. The number of hydrogen-bond donors (Lipinski definition) is 2. The molecule has 0 aliphatic carbocycles. The lowest BCUT2D eigenvalue weighted by Crippen LogP contribution is -2.36. The first-order valence-corrected chi connectivity index (χ1v) is 6.70. The van der Waals surface area contributed by atoms with Gasteiger partial charge in [-0.15, -0.1) is 0 Å². The van der Waals surface area contributed by atoms with E-state index in [0.29, 0.717) is 12.1 Å². The smallest absolute Gasteiger partial charge is 0.0543 e. The average Bonchev–Trinajstić information content (AvgIpc) is 2.81. The number of nitrogens with two attached hydrogens (primary N) is 1. The fourth-order valence-electron chi connectivity index (χ4n) is 1.64. The lowest BCUT2D eigenvalue weighted by molar-refractivity contribution is 0.105. The molecule has 92 valence electrons. The fourth-order valence-corrected chi connectivity index (χ4v) is 2.34. The highest BCUT2D eigenvalue weighted by molar-refractivity contribution is 7.07. The maximum atomic E-state index is 5.55. The van der Waals surface area contributed by atoms with Gasteiger partial charge in [-0.3, -0.25) is 11.3 Å². The van der Waals surface area contributed by atoms with Crippen LogP contribution < -0.4 is 11.3 Å². The van der Waals surface area contributed by atoms with Gasteiger partial charge in [-0.1, -0.05) is 0 Å². The first kappa shape index (κ1) is 13.6. The molecule has 1 aromatic rings. The molecule has 1 rings (SSSR count). The van der Waals surface area contributed by atoms with Gasteiger partial charge in [0.25, 0.3) is 0 Å². The van der Waals surface area contributed by atoms with Crippen molar-refractivity contribution in [2.45, 2.75) is 44.8 Å². The number of thiophene rings is 1. The molecule has 0 bridgehead atoms. The normalized spacial score (nSPS) is 14.9. The Labute approximate surface area is 102 Å². The number of ether oxygens (including phenoxy) is 1. The molecule has 0 amide bonds. The van der Waals surface area contributed by atoms with Crippen LogP contribution in [0.2, 0.25) is 0 Å². The number of hydrogen-bond acceptors (Lipinski definition) is 4. The topological polar surface area (TPSA) is 47.3 Å². The Morgan fingerprint density at radius 3 is 2.81 bits per heavy atom. The Kier molecular flexibility index (Phi) is 6.64. The van der Waals surface area contributed by atoms with Crippen LogP contribution in [-0.4, -0.2) is 19.3 Å². The summed E-state index contributed by atoms with van der Waals surface area (Å²) in [7, 11) is 1.75. The third-order valence-electron chi connectivity index (χ3n) is 2.92. The second-order valence-electron chi connectivity index (χ2n) is 4.16. The van der Waals surface area contributed by atoms with Crippen molar-refractivity contribution in [3.63, 3.8) is 0 Å². The Morgan fingerprint density at radius 2 is 2.25 bits per heavy atom. The summed E-state index contributed by atoms with van der Waals surface area (Å²) < 4.78 is 5.23. The van der Waals surface area contributed by atoms with Crippen LogP contribution in [-0.2, 0) is 11.2 Å². The minimum atomic E-state index is 0.317. The molecule has 3 N–H and O–H groups in total. The molecule has 4 heteroatoms. The van der Waals surface area contributed by atoms with Gasteiger partial charge in [0.05, 0.1) is 6.10 Å². The summed E-state index contributed by atoms with van der Waals surface area (Å²) in [5.74, 6) is 5.55. The van der Waals surface area contributed by atoms with Crippen molar-refractivity contribution in [2.75, 3.05) is 7.11 Å². The van der Waals surface area contributed by atoms with Gasteiger partial charge >= 0.3 is 0 Å². The van der Waals surface area contributed by atoms with Crippen LogP contribution in [0.1, 0.15) is 31.7 Å². The van der Waals surface area contributed by atoms with Gasteiger partial charge in [-0.05, 0) is 55.0 Å². The fraction of sp³-hybridized carbons (Fsp3) is 0.667. The molecule has 0 saturated heterocycles. The maximum Gasteiger partial charge on any atom is 0.0543 e. The molecular formula is C12H22N2OS. The molecule has 2 atom stereocenters. The lowest BCUT2D eigenvalue weighted by Gasteiger charge is -2.17. The minimum Gasteiger partial charge on any atom is -0.382 e. The van der Waals surface area contributed by atoms with E-state index in [0.717, 1.165) is 25.7 Å². The van der Waals surface area contributed by atoms with Gasteiger partial charge in [0.1, 0.15) is 0 Å². The molecule has 3 nitrogen and oxygen atoms in total. The zero-order valence-corrected chi connectivity index (χ0v) is 10.9. The largest absolute Gasteiger partial charge is 0.382 e. The summed E-state index contributed by atoms with van der Waals surface area (Å²) in [5, 5.41) is 4.32. The lowest BCUT2D eigenvalue weighted by atomic mass is 10.0. The van der Waals surface area contributed by atoms with Crippen LogP contribution >= 0.6 is 11.3 Å². The van der Waals surface area contributed by atoms with Crippen LogP contribution in [0, 0.1) is 0 Å². The summed E-state index contributed by atoms with van der Waals surface area (Å²) in [6.07, 6.45) is 4.62. The number of rotatable bonds is 8. The molecule has 0 saturated carbocycles. The Bertz CT molecular complexity index is 264. The first-order valence-electron chi connectivity index (χ1n) is 5.76. The van der Waals surface area contributed by atoms with E-state index < -0.39 is 0 Å². The van der Waals surface area contributed by atoms with E-state index in [1.165, 1.54) is 5.56 Å². The highest BCUT2D eigenvalue weighted by Crippen LogP contribution is 2.12. The summed E-state index contributed by atoms with van der Waals surface area (Å²) in [6, 6.07) is 2.56. The van der Waals surface area contributed by atoms with E-state index in [2.05, 4.69) is 29.2 Å². The van der Waals surface area contributed by atoms with E-state index >= 15 is 0 Å². The van der Waals surface area contributed by atoms with E-state index in [1.54, 1.807) is 18.4 Å². The van der Waals surface area contributed by atoms with Gasteiger partial charge in [0.2, 0.25) is 0 Å². The summed E-state index contributed by atoms with van der Waals surface area (Å²) in [4.78, 5) is 0. The van der Waals surface area contributed by atoms with E-state index in [4.69, 9.17) is 10.6 Å². The van der Waals surface area contributed by atoms with Crippen molar-refractivity contribution >= 4 is 11.3 Å². The highest BCUT2D eigenvalue weighted by Gasteiger charge is 2.09. The molecule has 0 aromatic carbocycles. The van der Waals surface area contributed by atoms with Gasteiger partial charge < -0.3 is 4.74 Å².